The van der Waals surface area contributed by atoms with Crippen molar-refractivity contribution in [3.05, 3.63) is 209 Å². The summed E-state index contributed by atoms with van der Waals surface area (Å²) in [5, 5.41) is 1.16. The Bertz CT molecular complexity index is 2330. The minimum atomic E-state index is 0.658. The maximum Gasteiger partial charge on any atom is 0.0537 e. The zero-order chi connectivity index (χ0) is 37.9. The van der Waals surface area contributed by atoms with Crippen LogP contribution in [0.1, 0.15) is 66.3 Å². The van der Waals surface area contributed by atoms with Gasteiger partial charge in [0, 0.05) is 51.4 Å². The normalized spacial score (nSPS) is 15.8. The number of hydrogen-bond acceptors (Lipinski definition) is 1. The second-order valence-corrected chi connectivity index (χ2v) is 13.0. The lowest BCUT2D eigenvalue weighted by molar-refractivity contribution is 0.460. The fourth-order valence-corrected chi connectivity index (χ4v) is 6.90. The van der Waals surface area contributed by atoms with Crippen molar-refractivity contribution in [2.45, 2.75) is 40.5 Å². The predicted octanol–water partition coefficient (Wildman–Crippen LogP) is 13.2. The lowest BCUT2D eigenvalue weighted by Crippen LogP contribution is -2.22. The van der Waals surface area contributed by atoms with Crippen molar-refractivity contribution >= 4 is 40.4 Å². The summed E-state index contributed by atoms with van der Waals surface area (Å²) < 4.78 is 2.30. The number of nitrogens with zero attached hydrogens (tertiary/aromatic N) is 2. The van der Waals surface area contributed by atoms with Crippen LogP contribution in [0.3, 0.4) is 0 Å². The average Bonchev–Trinajstić information content (AvgIpc) is 3.51. The number of aromatic nitrogens is 1. The summed E-state index contributed by atoms with van der Waals surface area (Å²) in [5.41, 5.74) is 15.2. The molecule has 0 saturated carbocycles. The highest BCUT2D eigenvalue weighted by Crippen LogP contribution is 2.35. The van der Waals surface area contributed by atoms with E-state index in [2.05, 4.69) is 167 Å². The molecule has 0 radical (unpaired) electrons. The molecule has 2 heteroatoms. The van der Waals surface area contributed by atoms with Gasteiger partial charge in [-0.05, 0) is 90.4 Å². The molecule has 2 heterocycles. The first kappa shape index (κ1) is 37.9. The second-order valence-electron chi connectivity index (χ2n) is 13.0. The van der Waals surface area contributed by atoms with Crippen LogP contribution in [-0.4, -0.2) is 16.0 Å². The Morgan fingerprint density at radius 3 is 2.30 bits per heavy atom. The van der Waals surface area contributed by atoms with E-state index in [1.165, 1.54) is 22.4 Å². The molecule has 0 saturated heterocycles. The molecule has 5 rings (SSSR count). The fourth-order valence-electron chi connectivity index (χ4n) is 6.90. The highest BCUT2D eigenvalue weighted by molar-refractivity contribution is 5.97. The van der Waals surface area contributed by atoms with Crippen molar-refractivity contribution in [3.63, 3.8) is 0 Å². The standard InChI is InChI=1S/C51H50N2/c1-10-15-25-47-38(7)27-29-43(33-34-52(40(47)9)46(13-4)35-44-24-20-19-22-41(44)12-3)45-31-32-51-49(36-45)48(26-16-11-2)50(14-5)53(51)39(8)28-30-42-23-18-17-21-37(42)6/h3,10-11,15-33,35-36H,1-2,7-8,13-14,34H2,4-6,9H3/b25-15-,26-16-,29-27-,30-28-,43-33+,46-35+,47-40?. The van der Waals surface area contributed by atoms with E-state index in [0.29, 0.717) is 6.54 Å². The molecule has 264 valence electrons. The molecule has 0 aliphatic carbocycles. The highest BCUT2D eigenvalue weighted by atomic mass is 15.1. The Morgan fingerprint density at radius 2 is 1.60 bits per heavy atom. The molecule has 0 fully saturated rings. The zero-order valence-electron chi connectivity index (χ0n) is 31.7. The van der Waals surface area contributed by atoms with Crippen LogP contribution in [-0.2, 0) is 6.42 Å². The molecule has 0 N–H and O–H groups in total. The van der Waals surface area contributed by atoms with Gasteiger partial charge in [-0.15, -0.1) is 6.42 Å². The number of allylic oxidation sites excluding steroid dienone is 14. The summed E-state index contributed by atoms with van der Waals surface area (Å²) in [6.07, 6.45) is 32.6. The first-order chi connectivity index (χ1) is 25.8. The highest BCUT2D eigenvalue weighted by Gasteiger charge is 2.19. The molecule has 1 aromatic heterocycles. The molecule has 1 aliphatic rings. The molecule has 4 aromatic rings. The van der Waals surface area contributed by atoms with E-state index in [1.54, 1.807) is 6.08 Å². The van der Waals surface area contributed by atoms with Crippen molar-refractivity contribution in [2.24, 2.45) is 0 Å². The quantitative estimate of drug-likeness (QED) is 0.106. The predicted molar refractivity (Wildman–Crippen MR) is 234 cm³/mol. The first-order valence-electron chi connectivity index (χ1n) is 18.3. The number of aryl methyl sites for hydroxylation is 1. The van der Waals surface area contributed by atoms with E-state index in [0.717, 1.165) is 74.2 Å². The summed E-state index contributed by atoms with van der Waals surface area (Å²) in [6.45, 7) is 26.3. The van der Waals surface area contributed by atoms with Gasteiger partial charge in [-0.3, -0.25) is 0 Å². The van der Waals surface area contributed by atoms with Gasteiger partial charge in [0.25, 0.3) is 0 Å². The maximum atomic E-state index is 5.91. The van der Waals surface area contributed by atoms with Crippen molar-refractivity contribution in [2.75, 3.05) is 6.54 Å². The number of hydrogen-bond donors (Lipinski definition) is 0. The Labute approximate surface area is 317 Å². The minimum absolute atomic E-state index is 0.658. The molecular formula is C51H50N2. The number of benzene rings is 3. The van der Waals surface area contributed by atoms with Gasteiger partial charge >= 0.3 is 0 Å². The SMILES string of the molecule is C#Cc1ccccc1/C=C(\CC)N1C/C=C(c2ccc3c(c2)c(/C=C\C=C)c(CC)n3C(=C)/C=C\c2ccccc2C)\C=C/C(=C)C(/C=C\C=C)=C1C. The van der Waals surface area contributed by atoms with E-state index < -0.39 is 0 Å². The van der Waals surface area contributed by atoms with Crippen LogP contribution >= 0.6 is 0 Å². The summed E-state index contributed by atoms with van der Waals surface area (Å²) >= 11 is 0. The number of terminal acetylenes is 1. The Kier molecular flexibility index (Phi) is 12.7. The van der Waals surface area contributed by atoms with E-state index in [1.807, 2.05) is 36.4 Å². The van der Waals surface area contributed by atoms with E-state index in [-0.39, 0.29) is 0 Å². The smallest absolute Gasteiger partial charge is 0.0537 e. The molecule has 0 bridgehead atoms. The van der Waals surface area contributed by atoms with Gasteiger partial charge < -0.3 is 9.47 Å². The van der Waals surface area contributed by atoms with Crippen LogP contribution in [0.5, 0.6) is 0 Å². The molecule has 2 nitrogen and oxygen atoms in total. The maximum absolute atomic E-state index is 5.91. The van der Waals surface area contributed by atoms with Gasteiger partial charge in [-0.1, -0.05) is 155 Å². The second kappa shape index (κ2) is 17.8. The molecule has 53 heavy (non-hydrogen) atoms. The van der Waals surface area contributed by atoms with Crippen molar-refractivity contribution in [1.82, 2.24) is 9.47 Å². The molecule has 0 unspecified atom stereocenters. The molecular weight excluding hydrogens is 641 g/mol. The van der Waals surface area contributed by atoms with Gasteiger partial charge in [0.1, 0.15) is 0 Å². The Morgan fingerprint density at radius 1 is 0.887 bits per heavy atom. The summed E-state index contributed by atoms with van der Waals surface area (Å²) in [4.78, 5) is 2.38. The molecule has 0 amide bonds. The third-order valence-electron chi connectivity index (χ3n) is 9.75. The zero-order valence-corrected chi connectivity index (χ0v) is 31.7. The Hall–Kier alpha value is -6.30. The van der Waals surface area contributed by atoms with Crippen molar-refractivity contribution < 1.29 is 0 Å². The van der Waals surface area contributed by atoms with E-state index >= 15 is 0 Å². The number of fused-ring (bicyclic) bond motifs is 1. The monoisotopic (exact) mass is 690 g/mol. The minimum Gasteiger partial charge on any atom is -0.344 e. The molecule has 0 atom stereocenters. The third-order valence-corrected chi connectivity index (χ3v) is 9.75. The molecule has 0 spiro atoms. The van der Waals surface area contributed by atoms with Gasteiger partial charge in [-0.25, -0.2) is 0 Å². The van der Waals surface area contributed by atoms with Crippen molar-refractivity contribution in [3.8, 4) is 12.3 Å². The summed E-state index contributed by atoms with van der Waals surface area (Å²) in [5.74, 6) is 2.85. The van der Waals surface area contributed by atoms with Gasteiger partial charge in [0.05, 0.1) is 5.52 Å². The van der Waals surface area contributed by atoms with Crippen LogP contribution in [0.25, 0.3) is 40.4 Å². The van der Waals surface area contributed by atoms with Crippen LogP contribution in [0.2, 0.25) is 0 Å². The lowest BCUT2D eigenvalue weighted by atomic mass is 9.99. The topological polar surface area (TPSA) is 8.17 Å². The van der Waals surface area contributed by atoms with Crippen LogP contribution in [0.15, 0.2) is 170 Å². The van der Waals surface area contributed by atoms with Gasteiger partial charge in [0.15, 0.2) is 0 Å². The fraction of sp³-hybridized carbons (Fsp3) is 0.137. The van der Waals surface area contributed by atoms with Crippen LogP contribution < -0.4 is 0 Å². The van der Waals surface area contributed by atoms with Gasteiger partial charge in [0.2, 0.25) is 0 Å². The van der Waals surface area contributed by atoms with Gasteiger partial charge in [-0.2, -0.15) is 0 Å². The van der Waals surface area contributed by atoms with Crippen molar-refractivity contribution in [1.29, 1.82) is 0 Å². The molecule has 3 aromatic carbocycles. The van der Waals surface area contributed by atoms with E-state index in [4.69, 9.17) is 6.42 Å². The first-order valence-corrected chi connectivity index (χ1v) is 18.3. The largest absolute Gasteiger partial charge is 0.344 e. The summed E-state index contributed by atoms with van der Waals surface area (Å²) in [6, 6.07) is 23.3. The number of rotatable bonds is 12. The average molecular weight is 691 g/mol. The van der Waals surface area contributed by atoms with Crippen LogP contribution in [0.4, 0.5) is 0 Å². The lowest BCUT2D eigenvalue weighted by Gasteiger charge is -2.29. The Balaban J connectivity index is 1.66. The summed E-state index contributed by atoms with van der Waals surface area (Å²) in [7, 11) is 0. The van der Waals surface area contributed by atoms with E-state index in [9.17, 15) is 0 Å². The third kappa shape index (κ3) is 8.44. The van der Waals surface area contributed by atoms with Crippen LogP contribution in [0, 0.1) is 19.3 Å². The molecule has 1 aliphatic heterocycles.